The molecule has 23 heavy (non-hydrogen) atoms. The summed E-state index contributed by atoms with van der Waals surface area (Å²) in [7, 11) is 0. The van der Waals surface area contributed by atoms with Crippen molar-refractivity contribution in [3.05, 3.63) is 81.2 Å². The van der Waals surface area contributed by atoms with Crippen LogP contribution in [-0.2, 0) is 0 Å². The first-order valence-electron chi connectivity index (χ1n) is 7.31. The monoisotopic (exact) mass is 324 g/mol. The Balaban J connectivity index is 1.80. The Labute approximate surface area is 137 Å². The summed E-state index contributed by atoms with van der Waals surface area (Å²) in [6.07, 6.45) is 0. The SMILES string of the molecule is O=c1cc(C2=NNC[C@@H]2c2ccc(Cl)cc2)oc2ccccc12. The maximum absolute atomic E-state index is 12.3. The minimum absolute atomic E-state index is 0.0246. The van der Waals surface area contributed by atoms with Gasteiger partial charge in [0.15, 0.2) is 11.2 Å². The molecule has 0 unspecified atom stereocenters. The second-order valence-electron chi connectivity index (χ2n) is 5.43. The summed E-state index contributed by atoms with van der Waals surface area (Å²) in [5, 5.41) is 5.60. The third kappa shape index (κ3) is 2.51. The van der Waals surface area contributed by atoms with Gasteiger partial charge in [-0.15, -0.1) is 0 Å². The number of nitrogens with one attached hydrogen (secondary N) is 1. The molecule has 0 bridgehead atoms. The fraction of sp³-hybridized carbons (Fsp3) is 0.111. The van der Waals surface area contributed by atoms with Crippen molar-refractivity contribution in [2.75, 3.05) is 6.54 Å². The summed E-state index contributed by atoms with van der Waals surface area (Å²) in [5.41, 5.74) is 5.31. The van der Waals surface area contributed by atoms with Gasteiger partial charge in [-0.25, -0.2) is 0 Å². The van der Waals surface area contributed by atoms with E-state index >= 15 is 0 Å². The van der Waals surface area contributed by atoms with Gasteiger partial charge in [-0.05, 0) is 29.8 Å². The number of hydrogen-bond donors (Lipinski definition) is 1. The topological polar surface area (TPSA) is 54.6 Å². The molecule has 0 saturated carbocycles. The molecule has 0 aliphatic carbocycles. The van der Waals surface area contributed by atoms with Crippen LogP contribution in [0, 0.1) is 0 Å². The van der Waals surface area contributed by atoms with E-state index in [0.29, 0.717) is 28.3 Å². The lowest BCUT2D eigenvalue weighted by Gasteiger charge is -2.12. The van der Waals surface area contributed by atoms with Crippen LogP contribution in [0.1, 0.15) is 17.2 Å². The van der Waals surface area contributed by atoms with Crippen LogP contribution in [0.2, 0.25) is 5.02 Å². The fourth-order valence-corrected chi connectivity index (χ4v) is 2.95. The van der Waals surface area contributed by atoms with Gasteiger partial charge < -0.3 is 9.84 Å². The van der Waals surface area contributed by atoms with Crippen LogP contribution in [0.5, 0.6) is 0 Å². The molecule has 2 heterocycles. The molecule has 114 valence electrons. The summed E-state index contributed by atoms with van der Waals surface area (Å²) < 4.78 is 5.91. The highest BCUT2D eigenvalue weighted by molar-refractivity contribution is 6.30. The van der Waals surface area contributed by atoms with Gasteiger partial charge in [0.05, 0.1) is 11.3 Å². The van der Waals surface area contributed by atoms with Gasteiger partial charge in [-0.3, -0.25) is 4.79 Å². The third-order valence-electron chi connectivity index (χ3n) is 3.98. The predicted octanol–water partition coefficient (Wildman–Crippen LogP) is 3.54. The number of halogens is 1. The summed E-state index contributed by atoms with van der Waals surface area (Å²) in [6, 6.07) is 16.4. The molecule has 0 amide bonds. The lowest BCUT2D eigenvalue weighted by atomic mass is 9.93. The standard InChI is InChI=1S/C18H13ClN2O2/c19-12-7-5-11(6-8-12)14-10-20-21-18(14)17-9-15(22)13-3-1-2-4-16(13)23-17/h1-9,14,20H,10H2/t14-/m1/s1. The molecule has 0 spiro atoms. The van der Waals surface area contributed by atoms with E-state index in [1.807, 2.05) is 36.4 Å². The van der Waals surface area contributed by atoms with Crippen LogP contribution in [0.4, 0.5) is 0 Å². The summed E-state index contributed by atoms with van der Waals surface area (Å²) in [5.74, 6) is 0.523. The highest BCUT2D eigenvalue weighted by atomic mass is 35.5. The summed E-state index contributed by atoms with van der Waals surface area (Å²) in [6.45, 7) is 0.660. The van der Waals surface area contributed by atoms with E-state index in [-0.39, 0.29) is 11.3 Å². The zero-order valence-corrected chi connectivity index (χ0v) is 12.9. The Morgan fingerprint density at radius 3 is 2.74 bits per heavy atom. The molecule has 0 radical (unpaired) electrons. The molecule has 0 saturated heterocycles. The van der Waals surface area contributed by atoms with Crippen molar-refractivity contribution in [2.24, 2.45) is 5.10 Å². The number of benzene rings is 2. The van der Waals surface area contributed by atoms with Crippen molar-refractivity contribution in [3.8, 4) is 0 Å². The van der Waals surface area contributed by atoms with Gasteiger partial charge in [-0.2, -0.15) is 5.10 Å². The van der Waals surface area contributed by atoms with E-state index < -0.39 is 0 Å². The zero-order valence-electron chi connectivity index (χ0n) is 12.1. The van der Waals surface area contributed by atoms with E-state index in [9.17, 15) is 4.79 Å². The highest BCUT2D eigenvalue weighted by Crippen LogP contribution is 2.26. The van der Waals surface area contributed by atoms with Gasteiger partial charge in [0.1, 0.15) is 11.3 Å². The van der Waals surface area contributed by atoms with Gasteiger partial charge in [0.2, 0.25) is 0 Å². The number of hydrazone groups is 1. The quantitative estimate of drug-likeness (QED) is 0.784. The molecule has 1 N–H and O–H groups in total. The van der Waals surface area contributed by atoms with Crippen LogP contribution in [0.3, 0.4) is 0 Å². The minimum Gasteiger partial charge on any atom is -0.454 e. The second-order valence-corrected chi connectivity index (χ2v) is 5.87. The zero-order chi connectivity index (χ0) is 15.8. The molecule has 2 aromatic carbocycles. The van der Waals surface area contributed by atoms with Crippen molar-refractivity contribution in [3.63, 3.8) is 0 Å². The van der Waals surface area contributed by atoms with Gasteiger partial charge in [-0.1, -0.05) is 35.9 Å². The average Bonchev–Trinajstić information content (AvgIpc) is 3.05. The summed E-state index contributed by atoms with van der Waals surface area (Å²) in [4.78, 5) is 12.3. The molecular formula is C18H13ClN2O2. The first-order valence-corrected chi connectivity index (χ1v) is 7.69. The van der Waals surface area contributed by atoms with Crippen LogP contribution in [0.15, 0.2) is 68.9 Å². The van der Waals surface area contributed by atoms with E-state index in [1.54, 1.807) is 12.1 Å². The van der Waals surface area contributed by atoms with E-state index in [4.69, 9.17) is 16.0 Å². The van der Waals surface area contributed by atoms with Gasteiger partial charge in [0, 0.05) is 17.6 Å². The Bertz CT molecular complexity index is 961. The van der Waals surface area contributed by atoms with E-state index in [1.165, 1.54) is 6.07 Å². The van der Waals surface area contributed by atoms with Crippen LogP contribution >= 0.6 is 11.6 Å². The molecule has 0 fully saturated rings. The van der Waals surface area contributed by atoms with Crippen molar-refractivity contribution < 1.29 is 4.42 Å². The number of para-hydroxylation sites is 1. The highest BCUT2D eigenvalue weighted by Gasteiger charge is 2.27. The fourth-order valence-electron chi connectivity index (χ4n) is 2.82. The Kier molecular flexibility index (Phi) is 3.39. The Hall–Kier alpha value is -2.59. The Morgan fingerprint density at radius 2 is 1.91 bits per heavy atom. The van der Waals surface area contributed by atoms with Crippen LogP contribution < -0.4 is 10.9 Å². The molecule has 1 aromatic heterocycles. The lowest BCUT2D eigenvalue weighted by Crippen LogP contribution is -2.16. The normalized spacial score (nSPS) is 17.1. The Morgan fingerprint density at radius 1 is 1.13 bits per heavy atom. The molecule has 4 nitrogen and oxygen atoms in total. The molecule has 1 atom stereocenters. The van der Waals surface area contributed by atoms with Crippen LogP contribution in [0.25, 0.3) is 11.0 Å². The second kappa shape index (κ2) is 5.56. The number of rotatable bonds is 2. The largest absolute Gasteiger partial charge is 0.454 e. The van der Waals surface area contributed by atoms with Gasteiger partial charge in [0.25, 0.3) is 0 Å². The van der Waals surface area contributed by atoms with Crippen molar-refractivity contribution in [2.45, 2.75) is 5.92 Å². The van der Waals surface area contributed by atoms with Gasteiger partial charge >= 0.3 is 0 Å². The van der Waals surface area contributed by atoms with Crippen molar-refractivity contribution >= 4 is 28.3 Å². The van der Waals surface area contributed by atoms with Crippen molar-refractivity contribution in [1.82, 2.24) is 5.43 Å². The number of hydrogen-bond acceptors (Lipinski definition) is 4. The van der Waals surface area contributed by atoms with Crippen LogP contribution in [-0.4, -0.2) is 12.3 Å². The molecule has 1 aliphatic heterocycles. The molecule has 3 aromatic rings. The molecular weight excluding hydrogens is 312 g/mol. The number of fused-ring (bicyclic) bond motifs is 1. The molecule has 4 rings (SSSR count). The van der Waals surface area contributed by atoms with E-state index in [2.05, 4.69) is 10.5 Å². The molecule has 1 aliphatic rings. The van der Waals surface area contributed by atoms with Crippen molar-refractivity contribution in [1.29, 1.82) is 0 Å². The smallest absolute Gasteiger partial charge is 0.193 e. The minimum atomic E-state index is -0.0636. The molecule has 5 heteroatoms. The predicted molar refractivity (Wildman–Crippen MR) is 91.2 cm³/mol. The third-order valence-corrected chi connectivity index (χ3v) is 4.24. The first kappa shape index (κ1) is 14.0. The lowest BCUT2D eigenvalue weighted by molar-refractivity contribution is 0.588. The maximum atomic E-state index is 12.3. The number of nitrogens with zero attached hydrogens (tertiary/aromatic N) is 1. The summed E-state index contributed by atoms with van der Waals surface area (Å²) >= 11 is 5.95. The maximum Gasteiger partial charge on any atom is 0.193 e. The first-order chi connectivity index (χ1) is 11.2. The van der Waals surface area contributed by atoms with E-state index in [0.717, 1.165) is 11.3 Å². The average molecular weight is 325 g/mol.